The first-order valence-electron chi connectivity index (χ1n) is 7.36. The lowest BCUT2D eigenvalue weighted by Crippen LogP contribution is -2.03. The molecule has 1 aromatic heterocycles. The van der Waals surface area contributed by atoms with Gasteiger partial charge in [0.2, 0.25) is 0 Å². The molecule has 2 aromatic carbocycles. The largest absolute Gasteiger partial charge is 0.324 e. The molecule has 0 spiro atoms. The molecule has 0 N–H and O–H groups in total. The fraction of sp³-hybridized carbons (Fsp3) is 0.278. The molecule has 0 atom stereocenters. The summed E-state index contributed by atoms with van der Waals surface area (Å²) in [6.07, 6.45) is 1.15. The highest BCUT2D eigenvalue weighted by molar-refractivity contribution is 9.10. The predicted molar refractivity (Wildman–Crippen MR) is 92.3 cm³/mol. The van der Waals surface area contributed by atoms with E-state index in [2.05, 4.69) is 70.7 Å². The van der Waals surface area contributed by atoms with Crippen molar-refractivity contribution in [2.24, 2.45) is 5.92 Å². The molecule has 0 bridgehead atoms. The smallest absolute Gasteiger partial charge is 0.141 e. The number of aromatic nitrogens is 2. The summed E-state index contributed by atoms with van der Waals surface area (Å²) in [5.41, 5.74) is 3.44. The van der Waals surface area contributed by atoms with Crippen LogP contribution in [-0.2, 0) is 6.54 Å². The van der Waals surface area contributed by atoms with E-state index in [9.17, 15) is 0 Å². The maximum absolute atomic E-state index is 4.84. The molecule has 0 amide bonds. The van der Waals surface area contributed by atoms with E-state index in [0.717, 1.165) is 34.3 Å². The van der Waals surface area contributed by atoms with E-state index in [1.165, 1.54) is 5.52 Å². The van der Waals surface area contributed by atoms with Crippen molar-refractivity contribution in [1.29, 1.82) is 0 Å². The highest BCUT2D eigenvalue weighted by Gasteiger charge is 2.12. The average Bonchev–Trinajstić information content (AvgIpc) is 2.84. The van der Waals surface area contributed by atoms with Gasteiger partial charge >= 0.3 is 0 Å². The van der Waals surface area contributed by atoms with E-state index in [-0.39, 0.29) is 0 Å². The Balaban J connectivity index is 2.14. The minimum atomic E-state index is 0.682. The van der Waals surface area contributed by atoms with E-state index < -0.39 is 0 Å². The second-order valence-corrected chi connectivity index (χ2v) is 6.68. The lowest BCUT2D eigenvalue weighted by Gasteiger charge is -2.11. The number of para-hydroxylation sites is 2. The van der Waals surface area contributed by atoms with Crippen molar-refractivity contribution in [3.05, 3.63) is 53.0 Å². The van der Waals surface area contributed by atoms with Crippen LogP contribution in [0.5, 0.6) is 0 Å². The number of nitrogens with zero attached hydrogens (tertiary/aromatic N) is 2. The van der Waals surface area contributed by atoms with E-state index in [0.29, 0.717) is 5.92 Å². The number of imidazole rings is 1. The van der Waals surface area contributed by atoms with Crippen molar-refractivity contribution < 1.29 is 0 Å². The fourth-order valence-electron chi connectivity index (χ4n) is 2.54. The number of aryl methyl sites for hydroxylation is 1. The molecule has 0 saturated heterocycles. The zero-order valence-electron chi connectivity index (χ0n) is 12.4. The fourth-order valence-corrected chi connectivity index (χ4v) is 2.94. The van der Waals surface area contributed by atoms with Crippen LogP contribution in [0.4, 0.5) is 0 Å². The summed E-state index contributed by atoms with van der Waals surface area (Å²) in [6, 6.07) is 16.7. The maximum Gasteiger partial charge on any atom is 0.141 e. The standard InChI is InChI=1S/C18H19BrN2/c1-13(2)10-11-21-17-9-4-3-8-16(17)20-18(21)14-6-5-7-15(19)12-14/h3-9,12-13H,10-11H2,1-2H3. The van der Waals surface area contributed by atoms with Crippen LogP contribution in [-0.4, -0.2) is 9.55 Å². The molecule has 0 aliphatic carbocycles. The van der Waals surface area contributed by atoms with Gasteiger partial charge in [0.25, 0.3) is 0 Å². The van der Waals surface area contributed by atoms with Gasteiger partial charge in [-0.25, -0.2) is 4.98 Å². The summed E-state index contributed by atoms with van der Waals surface area (Å²) >= 11 is 3.55. The molecule has 0 saturated carbocycles. The number of fused-ring (bicyclic) bond motifs is 1. The van der Waals surface area contributed by atoms with Gasteiger partial charge in [0.05, 0.1) is 11.0 Å². The van der Waals surface area contributed by atoms with Crippen molar-refractivity contribution in [3.63, 3.8) is 0 Å². The summed E-state index contributed by atoms with van der Waals surface area (Å²) in [6.45, 7) is 5.52. The molecule has 0 radical (unpaired) electrons. The number of hydrogen-bond donors (Lipinski definition) is 0. The molecule has 3 aromatic rings. The molecule has 0 fully saturated rings. The zero-order valence-corrected chi connectivity index (χ0v) is 14.0. The first-order valence-corrected chi connectivity index (χ1v) is 8.15. The number of halogens is 1. The van der Waals surface area contributed by atoms with Gasteiger partial charge in [0.15, 0.2) is 0 Å². The van der Waals surface area contributed by atoms with Crippen LogP contribution in [0.3, 0.4) is 0 Å². The Morgan fingerprint density at radius 2 is 1.90 bits per heavy atom. The maximum atomic E-state index is 4.84. The molecule has 1 heterocycles. The molecule has 3 heteroatoms. The Hall–Kier alpha value is -1.61. The predicted octanol–water partition coefficient (Wildman–Crippen LogP) is 5.51. The van der Waals surface area contributed by atoms with Gasteiger partial charge in [-0.15, -0.1) is 0 Å². The van der Waals surface area contributed by atoms with Gasteiger partial charge in [-0.2, -0.15) is 0 Å². The average molecular weight is 343 g/mol. The van der Waals surface area contributed by atoms with E-state index in [1.54, 1.807) is 0 Å². The lowest BCUT2D eigenvalue weighted by molar-refractivity contribution is 0.525. The van der Waals surface area contributed by atoms with Gasteiger partial charge in [-0.05, 0) is 36.6 Å². The SMILES string of the molecule is CC(C)CCn1c(-c2cccc(Br)c2)nc2ccccc21. The van der Waals surface area contributed by atoms with E-state index in [1.807, 2.05) is 12.1 Å². The first-order chi connectivity index (χ1) is 10.1. The van der Waals surface area contributed by atoms with Gasteiger partial charge in [0.1, 0.15) is 5.82 Å². The van der Waals surface area contributed by atoms with Crippen molar-refractivity contribution in [2.45, 2.75) is 26.8 Å². The number of rotatable bonds is 4. The lowest BCUT2D eigenvalue weighted by atomic mass is 10.1. The van der Waals surface area contributed by atoms with Crippen LogP contribution in [0.2, 0.25) is 0 Å². The molecule has 108 valence electrons. The number of benzene rings is 2. The third-order valence-electron chi connectivity index (χ3n) is 3.67. The second-order valence-electron chi connectivity index (χ2n) is 5.77. The Bertz CT molecular complexity index is 759. The third-order valence-corrected chi connectivity index (χ3v) is 4.16. The highest BCUT2D eigenvalue weighted by Crippen LogP contribution is 2.27. The van der Waals surface area contributed by atoms with Crippen molar-refractivity contribution in [1.82, 2.24) is 9.55 Å². The summed E-state index contributed by atoms with van der Waals surface area (Å²) < 4.78 is 3.43. The molecule has 0 unspecified atom stereocenters. The Labute approximate surface area is 134 Å². The Morgan fingerprint density at radius 1 is 1.10 bits per heavy atom. The van der Waals surface area contributed by atoms with Crippen LogP contribution >= 0.6 is 15.9 Å². The Kier molecular flexibility index (Phi) is 4.11. The minimum absolute atomic E-state index is 0.682. The first kappa shape index (κ1) is 14.3. The molecule has 0 aliphatic heterocycles. The van der Waals surface area contributed by atoms with Gasteiger partial charge in [0, 0.05) is 16.6 Å². The third kappa shape index (κ3) is 3.03. The van der Waals surface area contributed by atoms with Crippen molar-refractivity contribution in [3.8, 4) is 11.4 Å². The molecule has 21 heavy (non-hydrogen) atoms. The summed E-state index contributed by atoms with van der Waals surface area (Å²) in [5, 5.41) is 0. The van der Waals surface area contributed by atoms with Crippen LogP contribution in [0, 0.1) is 5.92 Å². The van der Waals surface area contributed by atoms with Crippen molar-refractivity contribution in [2.75, 3.05) is 0 Å². The summed E-state index contributed by atoms with van der Waals surface area (Å²) in [7, 11) is 0. The van der Waals surface area contributed by atoms with Gasteiger partial charge < -0.3 is 4.57 Å². The molecule has 3 rings (SSSR count). The molecular formula is C18H19BrN2. The topological polar surface area (TPSA) is 17.8 Å². The van der Waals surface area contributed by atoms with Gasteiger partial charge in [-0.1, -0.05) is 54.0 Å². The quantitative estimate of drug-likeness (QED) is 0.611. The zero-order chi connectivity index (χ0) is 14.8. The number of hydrogen-bond acceptors (Lipinski definition) is 1. The highest BCUT2D eigenvalue weighted by atomic mass is 79.9. The van der Waals surface area contributed by atoms with Gasteiger partial charge in [-0.3, -0.25) is 0 Å². The molecule has 0 aliphatic rings. The second kappa shape index (κ2) is 6.02. The minimum Gasteiger partial charge on any atom is -0.324 e. The van der Waals surface area contributed by atoms with Crippen LogP contribution in [0.15, 0.2) is 53.0 Å². The Morgan fingerprint density at radius 3 is 2.67 bits per heavy atom. The van der Waals surface area contributed by atoms with E-state index >= 15 is 0 Å². The molecular weight excluding hydrogens is 324 g/mol. The monoisotopic (exact) mass is 342 g/mol. The van der Waals surface area contributed by atoms with Crippen LogP contribution in [0.1, 0.15) is 20.3 Å². The summed E-state index contributed by atoms with van der Waals surface area (Å²) in [4.78, 5) is 4.84. The van der Waals surface area contributed by atoms with Crippen LogP contribution < -0.4 is 0 Å². The molecule has 2 nitrogen and oxygen atoms in total. The van der Waals surface area contributed by atoms with Crippen LogP contribution in [0.25, 0.3) is 22.4 Å². The normalized spacial score (nSPS) is 11.4. The van der Waals surface area contributed by atoms with Crippen molar-refractivity contribution >= 4 is 27.0 Å². The van der Waals surface area contributed by atoms with E-state index in [4.69, 9.17) is 4.98 Å². The summed E-state index contributed by atoms with van der Waals surface area (Å²) in [5.74, 6) is 1.74.